The molecule has 0 fully saturated rings. The van der Waals surface area contributed by atoms with Gasteiger partial charge in [0.2, 0.25) is 0 Å². The lowest BCUT2D eigenvalue weighted by Crippen LogP contribution is -2.25. The number of nitrogens with zero attached hydrogens (tertiary/aromatic N) is 2. The van der Waals surface area contributed by atoms with Crippen molar-refractivity contribution in [1.29, 1.82) is 0 Å². The van der Waals surface area contributed by atoms with E-state index >= 15 is 0 Å². The van der Waals surface area contributed by atoms with Crippen molar-refractivity contribution < 1.29 is 0 Å². The van der Waals surface area contributed by atoms with Crippen LogP contribution in [0, 0.1) is 0 Å². The Balaban J connectivity index is 1.60. The first-order valence-electron chi connectivity index (χ1n) is 7.06. The number of nitrogens with one attached hydrogen (secondary N) is 2. The van der Waals surface area contributed by atoms with Crippen molar-refractivity contribution in [2.24, 2.45) is 10.1 Å². The summed E-state index contributed by atoms with van der Waals surface area (Å²) in [6.07, 6.45) is 2.02. The second kappa shape index (κ2) is 5.69. The first kappa shape index (κ1) is 13.2. The standard InChI is InChI=1S/C17H14N4S/c1-2-6-12(7-3-1)19-17-21-20-16(11-22-17)14-10-18-15-9-5-4-8-13(14)15/h1-10,18H,11H2,(H,19,21). The highest BCUT2D eigenvalue weighted by atomic mass is 32.2. The summed E-state index contributed by atoms with van der Waals surface area (Å²) < 4.78 is 0. The Morgan fingerprint density at radius 2 is 1.82 bits per heavy atom. The Labute approximate surface area is 132 Å². The Morgan fingerprint density at radius 3 is 2.64 bits per heavy atom. The van der Waals surface area contributed by atoms with E-state index in [2.05, 4.69) is 32.6 Å². The number of hydrazone groups is 1. The van der Waals surface area contributed by atoms with Gasteiger partial charge in [-0.05, 0) is 18.2 Å². The fourth-order valence-corrected chi connectivity index (χ4v) is 3.22. The number of thioether (sulfide) groups is 1. The molecule has 0 bridgehead atoms. The number of H-pyrrole nitrogens is 1. The molecule has 0 amide bonds. The van der Waals surface area contributed by atoms with Gasteiger partial charge in [0.1, 0.15) is 0 Å². The van der Waals surface area contributed by atoms with Gasteiger partial charge in [0.25, 0.3) is 0 Å². The van der Waals surface area contributed by atoms with Gasteiger partial charge >= 0.3 is 0 Å². The van der Waals surface area contributed by atoms with Crippen LogP contribution < -0.4 is 5.43 Å². The Morgan fingerprint density at radius 1 is 1.00 bits per heavy atom. The van der Waals surface area contributed by atoms with Gasteiger partial charge in [0.05, 0.1) is 11.4 Å². The van der Waals surface area contributed by atoms with Crippen LogP contribution >= 0.6 is 11.8 Å². The fourth-order valence-electron chi connectivity index (χ4n) is 2.44. The molecule has 0 radical (unpaired) electrons. The molecule has 0 aliphatic carbocycles. The summed E-state index contributed by atoms with van der Waals surface area (Å²) in [6, 6.07) is 18.2. The minimum absolute atomic E-state index is 0.806. The molecule has 0 saturated carbocycles. The van der Waals surface area contributed by atoms with Gasteiger partial charge in [-0.3, -0.25) is 5.43 Å². The first-order valence-corrected chi connectivity index (χ1v) is 8.04. The maximum atomic E-state index is 4.55. The molecule has 0 unspecified atom stereocenters. The molecule has 5 heteroatoms. The number of aliphatic imine (C=N–C) groups is 1. The summed E-state index contributed by atoms with van der Waals surface area (Å²) in [4.78, 5) is 7.84. The Kier molecular flexibility index (Phi) is 3.40. The van der Waals surface area contributed by atoms with E-state index in [1.54, 1.807) is 11.8 Å². The summed E-state index contributed by atoms with van der Waals surface area (Å²) in [5.74, 6) is 0.806. The molecule has 22 heavy (non-hydrogen) atoms. The molecule has 2 N–H and O–H groups in total. The second-order valence-corrected chi connectivity index (χ2v) is 5.92. The highest BCUT2D eigenvalue weighted by molar-refractivity contribution is 8.14. The van der Waals surface area contributed by atoms with Crippen LogP contribution in [0.1, 0.15) is 5.56 Å². The van der Waals surface area contributed by atoms with Gasteiger partial charge in [-0.1, -0.05) is 48.2 Å². The lowest BCUT2D eigenvalue weighted by molar-refractivity contribution is 1.03. The van der Waals surface area contributed by atoms with Gasteiger partial charge in [-0.2, -0.15) is 5.10 Å². The van der Waals surface area contributed by atoms with Crippen LogP contribution in [-0.2, 0) is 0 Å². The number of aromatic amines is 1. The molecule has 1 aliphatic heterocycles. The van der Waals surface area contributed by atoms with Crippen LogP contribution in [0.15, 0.2) is 70.9 Å². The molecule has 0 atom stereocenters. The zero-order valence-corrected chi connectivity index (χ0v) is 12.6. The molecule has 4 rings (SSSR count). The molecule has 2 heterocycles. The largest absolute Gasteiger partial charge is 0.360 e. The number of para-hydroxylation sites is 2. The van der Waals surface area contributed by atoms with Crippen molar-refractivity contribution >= 4 is 39.2 Å². The highest BCUT2D eigenvalue weighted by Crippen LogP contribution is 2.23. The van der Waals surface area contributed by atoms with E-state index in [9.17, 15) is 0 Å². The highest BCUT2D eigenvalue weighted by Gasteiger charge is 2.16. The van der Waals surface area contributed by atoms with Crippen LogP contribution in [0.2, 0.25) is 0 Å². The molecule has 0 spiro atoms. The number of hydrogen-bond donors (Lipinski definition) is 2. The monoisotopic (exact) mass is 306 g/mol. The lowest BCUT2D eigenvalue weighted by Gasteiger charge is -2.14. The van der Waals surface area contributed by atoms with Crippen LogP contribution in [-0.4, -0.2) is 21.6 Å². The van der Waals surface area contributed by atoms with Crippen molar-refractivity contribution in [3.8, 4) is 0 Å². The van der Waals surface area contributed by atoms with Crippen molar-refractivity contribution in [2.75, 3.05) is 5.75 Å². The predicted octanol–water partition coefficient (Wildman–Crippen LogP) is 3.90. The predicted molar refractivity (Wildman–Crippen MR) is 94.0 cm³/mol. The zero-order chi connectivity index (χ0) is 14.8. The zero-order valence-electron chi connectivity index (χ0n) is 11.8. The summed E-state index contributed by atoms with van der Waals surface area (Å²) in [5, 5.41) is 6.52. The van der Waals surface area contributed by atoms with Crippen molar-refractivity contribution in [1.82, 2.24) is 10.4 Å². The van der Waals surface area contributed by atoms with Crippen LogP contribution in [0.5, 0.6) is 0 Å². The summed E-state index contributed by atoms with van der Waals surface area (Å²) in [5.41, 5.74) is 7.31. The lowest BCUT2D eigenvalue weighted by atomic mass is 10.1. The molecular formula is C17H14N4S. The van der Waals surface area contributed by atoms with Crippen molar-refractivity contribution in [2.45, 2.75) is 0 Å². The van der Waals surface area contributed by atoms with Gasteiger partial charge in [-0.15, -0.1) is 0 Å². The number of benzene rings is 2. The van der Waals surface area contributed by atoms with Gasteiger partial charge in [-0.25, -0.2) is 4.99 Å². The van der Waals surface area contributed by atoms with Gasteiger partial charge < -0.3 is 4.98 Å². The molecule has 3 aromatic rings. The number of aromatic nitrogens is 1. The maximum absolute atomic E-state index is 4.55. The third kappa shape index (κ3) is 2.51. The summed E-state index contributed by atoms with van der Waals surface area (Å²) in [7, 11) is 0. The average molecular weight is 306 g/mol. The maximum Gasteiger partial charge on any atom is 0.182 e. The third-order valence-corrected chi connectivity index (χ3v) is 4.39. The van der Waals surface area contributed by atoms with E-state index in [1.165, 1.54) is 5.39 Å². The normalized spacial score (nSPS) is 16.5. The quantitative estimate of drug-likeness (QED) is 0.754. The van der Waals surface area contributed by atoms with Crippen molar-refractivity contribution in [3.63, 3.8) is 0 Å². The van der Waals surface area contributed by atoms with Gasteiger partial charge in [0.15, 0.2) is 5.17 Å². The molecule has 108 valence electrons. The van der Waals surface area contributed by atoms with Crippen LogP contribution in [0.4, 0.5) is 5.69 Å². The fraction of sp³-hybridized carbons (Fsp3) is 0.0588. The van der Waals surface area contributed by atoms with E-state index < -0.39 is 0 Å². The molecule has 1 aromatic heterocycles. The smallest absolute Gasteiger partial charge is 0.182 e. The molecular weight excluding hydrogens is 292 g/mol. The molecule has 1 aliphatic rings. The molecule has 4 nitrogen and oxygen atoms in total. The minimum Gasteiger partial charge on any atom is -0.360 e. The first-order chi connectivity index (χ1) is 10.9. The summed E-state index contributed by atoms with van der Waals surface area (Å²) >= 11 is 1.67. The van der Waals surface area contributed by atoms with E-state index in [1.807, 2.05) is 48.7 Å². The third-order valence-electron chi connectivity index (χ3n) is 3.52. The van der Waals surface area contributed by atoms with Crippen LogP contribution in [0.25, 0.3) is 10.9 Å². The molecule has 0 saturated heterocycles. The number of amidine groups is 1. The molecule has 2 aromatic carbocycles. The average Bonchev–Trinajstić information content (AvgIpc) is 3.01. The topological polar surface area (TPSA) is 52.5 Å². The summed E-state index contributed by atoms with van der Waals surface area (Å²) in [6.45, 7) is 0. The van der Waals surface area contributed by atoms with E-state index in [4.69, 9.17) is 0 Å². The second-order valence-electron chi connectivity index (χ2n) is 4.96. The van der Waals surface area contributed by atoms with Crippen LogP contribution in [0.3, 0.4) is 0 Å². The van der Waals surface area contributed by atoms with E-state index in [-0.39, 0.29) is 0 Å². The number of rotatable bonds is 2. The number of hydrogen-bond acceptors (Lipinski definition) is 3. The number of fused-ring (bicyclic) bond motifs is 1. The SMILES string of the molecule is c1ccc(N=C2NN=C(c3c[nH]c4ccccc34)CS2)cc1. The van der Waals surface area contributed by atoms with E-state index in [0.717, 1.165) is 33.4 Å². The van der Waals surface area contributed by atoms with Gasteiger partial charge in [0, 0.05) is 28.4 Å². The van der Waals surface area contributed by atoms with E-state index in [0.29, 0.717) is 0 Å². The minimum atomic E-state index is 0.806. The van der Waals surface area contributed by atoms with Crippen molar-refractivity contribution in [3.05, 3.63) is 66.4 Å². The Bertz CT molecular complexity index is 865. The Hall–Kier alpha value is -2.53.